The first-order valence-corrected chi connectivity index (χ1v) is 9.35. The standard InChI is InChI=1S/C24H26N2O2/c1-24(2,3)19-12-9-17(10-13-19)15-23(27)26-25-16-21-20-8-6-5-7-18(20)11-14-22(21)28-4/h5-14,16H,15H2,1-4H3,(H,26,27)/b25-16-. The molecule has 144 valence electrons. The van der Waals surface area contributed by atoms with Crippen LogP contribution in [-0.4, -0.2) is 19.2 Å². The van der Waals surface area contributed by atoms with Crippen molar-refractivity contribution >= 4 is 22.9 Å². The van der Waals surface area contributed by atoms with Crippen LogP contribution in [0.1, 0.15) is 37.5 Å². The van der Waals surface area contributed by atoms with Gasteiger partial charge in [-0.3, -0.25) is 4.79 Å². The first-order valence-electron chi connectivity index (χ1n) is 9.35. The van der Waals surface area contributed by atoms with Gasteiger partial charge in [0.2, 0.25) is 5.91 Å². The van der Waals surface area contributed by atoms with Gasteiger partial charge >= 0.3 is 0 Å². The fourth-order valence-corrected chi connectivity index (χ4v) is 3.10. The highest BCUT2D eigenvalue weighted by atomic mass is 16.5. The van der Waals surface area contributed by atoms with E-state index in [1.54, 1.807) is 13.3 Å². The van der Waals surface area contributed by atoms with E-state index in [4.69, 9.17) is 4.74 Å². The van der Waals surface area contributed by atoms with Gasteiger partial charge in [-0.05, 0) is 33.4 Å². The van der Waals surface area contributed by atoms with E-state index in [2.05, 4.69) is 43.4 Å². The molecule has 1 N–H and O–H groups in total. The van der Waals surface area contributed by atoms with Gasteiger partial charge < -0.3 is 4.74 Å². The summed E-state index contributed by atoms with van der Waals surface area (Å²) >= 11 is 0. The number of amides is 1. The van der Waals surface area contributed by atoms with Crippen molar-refractivity contribution in [2.75, 3.05) is 7.11 Å². The molecule has 0 aliphatic carbocycles. The minimum absolute atomic E-state index is 0.0998. The molecule has 0 unspecified atom stereocenters. The third-order valence-corrected chi connectivity index (χ3v) is 4.72. The SMILES string of the molecule is COc1ccc2ccccc2c1/C=N\NC(=O)Cc1ccc(C(C)(C)C)cc1. The van der Waals surface area contributed by atoms with E-state index in [-0.39, 0.29) is 17.7 Å². The second-order valence-corrected chi connectivity index (χ2v) is 7.82. The molecular formula is C24H26N2O2. The van der Waals surface area contributed by atoms with Gasteiger partial charge in [0, 0.05) is 5.56 Å². The van der Waals surface area contributed by atoms with Crippen LogP contribution in [0.25, 0.3) is 10.8 Å². The summed E-state index contributed by atoms with van der Waals surface area (Å²) in [6.45, 7) is 6.51. The molecule has 3 aromatic carbocycles. The number of carbonyl (C=O) groups is 1. The van der Waals surface area contributed by atoms with Crippen LogP contribution >= 0.6 is 0 Å². The van der Waals surface area contributed by atoms with E-state index in [1.807, 2.05) is 48.5 Å². The van der Waals surface area contributed by atoms with E-state index < -0.39 is 0 Å². The van der Waals surface area contributed by atoms with Crippen molar-refractivity contribution in [3.8, 4) is 5.75 Å². The maximum Gasteiger partial charge on any atom is 0.244 e. The van der Waals surface area contributed by atoms with Gasteiger partial charge in [0.15, 0.2) is 0 Å². The number of fused-ring (bicyclic) bond motifs is 1. The van der Waals surface area contributed by atoms with Crippen LogP contribution in [-0.2, 0) is 16.6 Å². The molecule has 0 bridgehead atoms. The number of methoxy groups -OCH3 is 1. The Morgan fingerprint density at radius 1 is 1.04 bits per heavy atom. The molecule has 0 atom stereocenters. The van der Waals surface area contributed by atoms with E-state index in [0.717, 1.165) is 27.6 Å². The Bertz CT molecular complexity index is 999. The highest BCUT2D eigenvalue weighted by Gasteiger charge is 2.13. The zero-order valence-electron chi connectivity index (χ0n) is 16.8. The number of nitrogens with one attached hydrogen (secondary N) is 1. The molecule has 0 fully saturated rings. The monoisotopic (exact) mass is 374 g/mol. The van der Waals surface area contributed by atoms with Crippen molar-refractivity contribution in [3.05, 3.63) is 77.4 Å². The quantitative estimate of drug-likeness (QED) is 0.513. The maximum atomic E-state index is 12.2. The summed E-state index contributed by atoms with van der Waals surface area (Å²) in [6, 6.07) is 20.1. The van der Waals surface area contributed by atoms with E-state index in [0.29, 0.717) is 0 Å². The molecular weight excluding hydrogens is 348 g/mol. The summed E-state index contributed by atoms with van der Waals surface area (Å²) in [5.74, 6) is 0.563. The lowest BCUT2D eigenvalue weighted by Gasteiger charge is -2.19. The fraction of sp³-hybridized carbons (Fsp3) is 0.250. The molecule has 3 aromatic rings. The van der Waals surface area contributed by atoms with Gasteiger partial charge in [0.1, 0.15) is 5.75 Å². The predicted octanol–water partition coefficient (Wildman–Crippen LogP) is 4.84. The first kappa shape index (κ1) is 19.6. The second-order valence-electron chi connectivity index (χ2n) is 7.82. The van der Waals surface area contributed by atoms with Crippen molar-refractivity contribution < 1.29 is 9.53 Å². The zero-order chi connectivity index (χ0) is 20.1. The number of rotatable bonds is 5. The minimum Gasteiger partial charge on any atom is -0.496 e. The molecule has 0 saturated heterocycles. The number of nitrogens with zero attached hydrogens (tertiary/aromatic N) is 1. The van der Waals surface area contributed by atoms with E-state index in [9.17, 15) is 4.79 Å². The van der Waals surface area contributed by atoms with Crippen LogP contribution in [0.3, 0.4) is 0 Å². The van der Waals surface area contributed by atoms with Gasteiger partial charge in [-0.2, -0.15) is 5.10 Å². The van der Waals surface area contributed by atoms with Crippen molar-refractivity contribution in [3.63, 3.8) is 0 Å². The van der Waals surface area contributed by atoms with Crippen LogP contribution in [0.5, 0.6) is 5.75 Å². The Kier molecular flexibility index (Phi) is 5.78. The van der Waals surface area contributed by atoms with Gasteiger partial charge in [-0.15, -0.1) is 0 Å². The molecule has 0 aliphatic heterocycles. The van der Waals surface area contributed by atoms with Crippen LogP contribution in [0.2, 0.25) is 0 Å². The van der Waals surface area contributed by atoms with Crippen molar-refractivity contribution in [2.45, 2.75) is 32.6 Å². The normalized spacial score (nSPS) is 11.7. The molecule has 0 radical (unpaired) electrons. The maximum absolute atomic E-state index is 12.2. The number of hydrogen-bond donors (Lipinski definition) is 1. The van der Waals surface area contributed by atoms with Crippen molar-refractivity contribution in [1.82, 2.24) is 5.43 Å². The molecule has 0 heterocycles. The predicted molar refractivity (Wildman–Crippen MR) is 115 cm³/mol. The van der Waals surface area contributed by atoms with E-state index in [1.165, 1.54) is 5.56 Å². The average molecular weight is 374 g/mol. The lowest BCUT2D eigenvalue weighted by atomic mass is 9.86. The Morgan fingerprint density at radius 2 is 1.75 bits per heavy atom. The fourth-order valence-electron chi connectivity index (χ4n) is 3.10. The number of benzene rings is 3. The molecule has 0 aromatic heterocycles. The third-order valence-electron chi connectivity index (χ3n) is 4.72. The van der Waals surface area contributed by atoms with Crippen molar-refractivity contribution in [1.29, 1.82) is 0 Å². The summed E-state index contributed by atoms with van der Waals surface area (Å²) in [4.78, 5) is 12.2. The number of ether oxygens (including phenoxy) is 1. The van der Waals surface area contributed by atoms with Gasteiger partial charge in [0.05, 0.1) is 19.7 Å². The third kappa shape index (κ3) is 4.58. The van der Waals surface area contributed by atoms with Crippen LogP contribution in [0.15, 0.2) is 65.8 Å². The Labute approximate surface area is 166 Å². The Balaban J connectivity index is 1.69. The highest BCUT2D eigenvalue weighted by molar-refractivity contribution is 6.02. The summed E-state index contributed by atoms with van der Waals surface area (Å²) in [7, 11) is 1.63. The minimum atomic E-state index is -0.154. The molecule has 28 heavy (non-hydrogen) atoms. The Morgan fingerprint density at radius 3 is 2.43 bits per heavy atom. The number of hydrazone groups is 1. The van der Waals surface area contributed by atoms with Crippen LogP contribution < -0.4 is 10.2 Å². The topological polar surface area (TPSA) is 50.7 Å². The molecule has 3 rings (SSSR count). The smallest absolute Gasteiger partial charge is 0.244 e. The van der Waals surface area contributed by atoms with Gasteiger partial charge in [-0.1, -0.05) is 75.4 Å². The Hall–Kier alpha value is -3.14. The molecule has 4 heteroatoms. The summed E-state index contributed by atoms with van der Waals surface area (Å²) in [6.07, 6.45) is 1.93. The molecule has 0 aliphatic rings. The van der Waals surface area contributed by atoms with E-state index >= 15 is 0 Å². The summed E-state index contributed by atoms with van der Waals surface area (Å²) in [5, 5.41) is 6.27. The number of carbonyl (C=O) groups excluding carboxylic acids is 1. The summed E-state index contributed by atoms with van der Waals surface area (Å²) in [5.41, 5.74) is 5.77. The van der Waals surface area contributed by atoms with Crippen molar-refractivity contribution in [2.24, 2.45) is 5.10 Å². The molecule has 0 spiro atoms. The van der Waals surface area contributed by atoms with Crippen LogP contribution in [0, 0.1) is 0 Å². The number of hydrogen-bond acceptors (Lipinski definition) is 3. The highest BCUT2D eigenvalue weighted by Crippen LogP contribution is 2.26. The molecule has 1 amide bonds. The molecule has 0 saturated carbocycles. The largest absolute Gasteiger partial charge is 0.496 e. The second kappa shape index (κ2) is 8.26. The van der Waals surface area contributed by atoms with Gasteiger partial charge in [0.25, 0.3) is 0 Å². The average Bonchev–Trinajstić information content (AvgIpc) is 2.67. The molecule has 4 nitrogen and oxygen atoms in total. The van der Waals surface area contributed by atoms with Crippen LogP contribution in [0.4, 0.5) is 0 Å². The van der Waals surface area contributed by atoms with Gasteiger partial charge in [-0.25, -0.2) is 5.43 Å². The zero-order valence-corrected chi connectivity index (χ0v) is 16.8. The summed E-state index contributed by atoms with van der Waals surface area (Å²) < 4.78 is 5.44. The lowest BCUT2D eigenvalue weighted by Crippen LogP contribution is -2.20. The lowest BCUT2D eigenvalue weighted by molar-refractivity contribution is -0.120. The first-order chi connectivity index (χ1) is 13.4.